The predicted molar refractivity (Wildman–Crippen MR) is 49.9 cm³/mol. The minimum Gasteiger partial charge on any atom is -0.454 e. The van der Waals surface area contributed by atoms with Crippen LogP contribution in [0.3, 0.4) is 0 Å². The van der Waals surface area contributed by atoms with Gasteiger partial charge in [-0.2, -0.15) is 0 Å². The molecular formula is C10H9NO2. The van der Waals surface area contributed by atoms with Crippen LogP contribution in [0.2, 0.25) is 0 Å². The first-order valence-corrected chi connectivity index (χ1v) is 3.97. The number of nitrogens with one attached hydrogen (secondary N) is 1. The summed E-state index contributed by atoms with van der Waals surface area (Å²) in [5, 5.41) is 3.05. The van der Waals surface area contributed by atoms with Gasteiger partial charge in [-0.1, -0.05) is 5.92 Å². The minimum atomic E-state index is 0.300. The first-order valence-electron chi connectivity index (χ1n) is 3.97. The van der Waals surface area contributed by atoms with Crippen molar-refractivity contribution in [3.05, 3.63) is 18.2 Å². The Bertz CT molecular complexity index is 354. The highest BCUT2D eigenvalue weighted by molar-refractivity contribution is 5.55. The van der Waals surface area contributed by atoms with E-state index in [0.29, 0.717) is 13.3 Å². The molecule has 0 radical (unpaired) electrons. The Labute approximate surface area is 76.7 Å². The molecule has 0 aliphatic carbocycles. The molecular weight excluding hydrogens is 166 g/mol. The van der Waals surface area contributed by atoms with Crippen LogP contribution in [-0.2, 0) is 0 Å². The van der Waals surface area contributed by atoms with Crippen molar-refractivity contribution >= 4 is 5.69 Å². The van der Waals surface area contributed by atoms with Crippen molar-refractivity contribution < 1.29 is 9.47 Å². The van der Waals surface area contributed by atoms with Crippen LogP contribution in [-0.4, -0.2) is 13.3 Å². The zero-order valence-electron chi connectivity index (χ0n) is 7.04. The Hall–Kier alpha value is -1.82. The van der Waals surface area contributed by atoms with Gasteiger partial charge in [-0.25, -0.2) is 0 Å². The summed E-state index contributed by atoms with van der Waals surface area (Å²) in [6.07, 6.45) is 5.12. The third-order valence-electron chi connectivity index (χ3n) is 1.77. The summed E-state index contributed by atoms with van der Waals surface area (Å²) < 4.78 is 10.4. The van der Waals surface area contributed by atoms with Crippen molar-refractivity contribution in [1.82, 2.24) is 0 Å². The number of terminal acetylenes is 1. The fourth-order valence-corrected chi connectivity index (χ4v) is 1.16. The fourth-order valence-electron chi connectivity index (χ4n) is 1.16. The molecule has 1 aliphatic rings. The van der Waals surface area contributed by atoms with Crippen molar-refractivity contribution in [3.8, 4) is 23.8 Å². The maximum absolute atomic E-state index is 5.21. The second-order valence-corrected chi connectivity index (χ2v) is 2.63. The molecule has 0 bridgehead atoms. The molecule has 1 aliphatic heterocycles. The van der Waals surface area contributed by atoms with E-state index in [1.165, 1.54) is 0 Å². The number of benzene rings is 1. The average Bonchev–Trinajstić information content (AvgIpc) is 2.61. The number of rotatable bonds is 2. The van der Waals surface area contributed by atoms with E-state index in [2.05, 4.69) is 11.2 Å². The zero-order valence-corrected chi connectivity index (χ0v) is 7.04. The van der Waals surface area contributed by atoms with Crippen LogP contribution in [0, 0.1) is 12.3 Å². The molecule has 1 aromatic carbocycles. The van der Waals surface area contributed by atoms with Crippen molar-refractivity contribution in [3.63, 3.8) is 0 Å². The molecule has 1 N–H and O–H groups in total. The number of ether oxygens (including phenoxy) is 2. The first kappa shape index (κ1) is 7.81. The van der Waals surface area contributed by atoms with Crippen LogP contribution in [0.1, 0.15) is 0 Å². The van der Waals surface area contributed by atoms with Crippen molar-refractivity contribution in [1.29, 1.82) is 0 Å². The molecule has 0 spiro atoms. The standard InChI is InChI=1S/C10H9NO2/c1-2-5-11-8-3-4-9-10(6-8)13-7-12-9/h1,3-4,6,11H,5,7H2. The summed E-state index contributed by atoms with van der Waals surface area (Å²) in [7, 11) is 0. The normalized spacial score (nSPS) is 12.2. The van der Waals surface area contributed by atoms with Gasteiger partial charge in [0.15, 0.2) is 11.5 Å². The Morgan fingerprint density at radius 1 is 1.38 bits per heavy atom. The van der Waals surface area contributed by atoms with Gasteiger partial charge in [-0.15, -0.1) is 6.42 Å². The average molecular weight is 175 g/mol. The number of hydrogen-bond acceptors (Lipinski definition) is 3. The molecule has 0 aromatic heterocycles. The summed E-state index contributed by atoms with van der Waals surface area (Å²) in [6, 6.07) is 5.64. The second-order valence-electron chi connectivity index (χ2n) is 2.63. The molecule has 0 saturated carbocycles. The molecule has 13 heavy (non-hydrogen) atoms. The zero-order chi connectivity index (χ0) is 9.10. The number of anilines is 1. The second kappa shape index (κ2) is 3.28. The number of hydrogen-bond donors (Lipinski definition) is 1. The van der Waals surface area contributed by atoms with Crippen LogP contribution >= 0.6 is 0 Å². The van der Waals surface area contributed by atoms with E-state index in [1.54, 1.807) is 0 Å². The highest BCUT2D eigenvalue weighted by atomic mass is 16.7. The summed E-state index contributed by atoms with van der Waals surface area (Å²) >= 11 is 0. The monoisotopic (exact) mass is 175 g/mol. The molecule has 3 nitrogen and oxygen atoms in total. The lowest BCUT2D eigenvalue weighted by atomic mass is 10.3. The van der Waals surface area contributed by atoms with Gasteiger partial charge in [-0.05, 0) is 12.1 Å². The Balaban J connectivity index is 2.17. The molecule has 0 unspecified atom stereocenters. The molecule has 66 valence electrons. The van der Waals surface area contributed by atoms with Crippen LogP contribution in [0.25, 0.3) is 0 Å². The topological polar surface area (TPSA) is 30.5 Å². The van der Waals surface area contributed by atoms with Gasteiger partial charge >= 0.3 is 0 Å². The summed E-state index contributed by atoms with van der Waals surface area (Å²) in [4.78, 5) is 0. The lowest BCUT2D eigenvalue weighted by Gasteiger charge is -2.02. The van der Waals surface area contributed by atoms with Crippen LogP contribution < -0.4 is 14.8 Å². The predicted octanol–water partition coefficient (Wildman–Crippen LogP) is 1.46. The Kier molecular flexibility index (Phi) is 1.97. The molecule has 3 heteroatoms. The third-order valence-corrected chi connectivity index (χ3v) is 1.77. The minimum absolute atomic E-state index is 0.300. The van der Waals surface area contributed by atoms with Crippen LogP contribution in [0.4, 0.5) is 5.69 Å². The van der Waals surface area contributed by atoms with Crippen LogP contribution in [0.5, 0.6) is 11.5 Å². The van der Waals surface area contributed by atoms with Gasteiger partial charge in [-0.3, -0.25) is 0 Å². The van der Waals surface area contributed by atoms with Gasteiger partial charge < -0.3 is 14.8 Å². The quantitative estimate of drug-likeness (QED) is 0.690. The molecule has 0 amide bonds. The van der Waals surface area contributed by atoms with E-state index in [-0.39, 0.29) is 0 Å². The van der Waals surface area contributed by atoms with E-state index in [0.717, 1.165) is 17.2 Å². The molecule has 1 heterocycles. The van der Waals surface area contributed by atoms with Gasteiger partial charge in [0.2, 0.25) is 6.79 Å². The highest BCUT2D eigenvalue weighted by Crippen LogP contribution is 2.33. The lowest BCUT2D eigenvalue weighted by molar-refractivity contribution is 0.174. The first-order chi connectivity index (χ1) is 6.40. The molecule has 1 aromatic rings. The van der Waals surface area contributed by atoms with Gasteiger partial charge in [0.05, 0.1) is 6.54 Å². The van der Waals surface area contributed by atoms with Crippen molar-refractivity contribution in [2.75, 3.05) is 18.7 Å². The largest absolute Gasteiger partial charge is 0.454 e. The smallest absolute Gasteiger partial charge is 0.231 e. The summed E-state index contributed by atoms with van der Waals surface area (Å²) in [6.45, 7) is 0.813. The maximum atomic E-state index is 5.21. The van der Waals surface area contributed by atoms with Gasteiger partial charge in [0.25, 0.3) is 0 Å². The van der Waals surface area contributed by atoms with E-state index >= 15 is 0 Å². The van der Waals surface area contributed by atoms with Gasteiger partial charge in [0, 0.05) is 11.8 Å². The third kappa shape index (κ3) is 1.52. The Morgan fingerprint density at radius 2 is 2.23 bits per heavy atom. The molecule has 2 rings (SSSR count). The fraction of sp³-hybridized carbons (Fsp3) is 0.200. The van der Waals surface area contributed by atoms with E-state index in [9.17, 15) is 0 Å². The van der Waals surface area contributed by atoms with E-state index in [1.807, 2.05) is 18.2 Å². The van der Waals surface area contributed by atoms with Crippen LogP contribution in [0.15, 0.2) is 18.2 Å². The van der Waals surface area contributed by atoms with Gasteiger partial charge in [0.1, 0.15) is 0 Å². The SMILES string of the molecule is C#CCNc1ccc2c(c1)OCO2. The van der Waals surface area contributed by atoms with E-state index < -0.39 is 0 Å². The summed E-state index contributed by atoms with van der Waals surface area (Å²) in [5.41, 5.74) is 0.946. The van der Waals surface area contributed by atoms with Crippen molar-refractivity contribution in [2.24, 2.45) is 0 Å². The highest BCUT2D eigenvalue weighted by Gasteiger charge is 2.12. The Morgan fingerprint density at radius 3 is 3.08 bits per heavy atom. The summed E-state index contributed by atoms with van der Waals surface area (Å²) in [5.74, 6) is 4.05. The molecule has 0 fully saturated rings. The maximum Gasteiger partial charge on any atom is 0.231 e. The molecule has 0 saturated heterocycles. The van der Waals surface area contributed by atoms with E-state index in [4.69, 9.17) is 15.9 Å². The van der Waals surface area contributed by atoms with Crippen molar-refractivity contribution in [2.45, 2.75) is 0 Å². The lowest BCUT2D eigenvalue weighted by Crippen LogP contribution is -1.97. The number of fused-ring (bicyclic) bond motifs is 1. The molecule has 0 atom stereocenters.